The molecule has 0 unspecified atom stereocenters. The largest absolute Gasteiger partial charge is 0.483 e. The Balaban J connectivity index is 1.40. The lowest BCUT2D eigenvalue weighted by Gasteiger charge is -2.12. The maximum Gasteiger partial charge on any atom is 0.264 e. The van der Waals surface area contributed by atoms with E-state index in [4.69, 9.17) is 17.0 Å². The van der Waals surface area contributed by atoms with Crippen molar-refractivity contribution in [2.45, 2.75) is 40.0 Å². The fourth-order valence-electron chi connectivity index (χ4n) is 3.67. The highest BCUT2D eigenvalue weighted by Crippen LogP contribution is 2.22. The smallest absolute Gasteiger partial charge is 0.264 e. The van der Waals surface area contributed by atoms with Crippen LogP contribution in [0.15, 0.2) is 60.7 Å². The van der Waals surface area contributed by atoms with Crippen LogP contribution in [-0.2, 0) is 11.2 Å². The highest BCUT2D eigenvalue weighted by molar-refractivity contribution is 7.80. The van der Waals surface area contributed by atoms with Crippen molar-refractivity contribution in [1.82, 2.24) is 20.3 Å². The highest BCUT2D eigenvalue weighted by atomic mass is 32.1. The molecule has 0 aliphatic carbocycles. The van der Waals surface area contributed by atoms with Crippen LogP contribution in [0.25, 0.3) is 16.7 Å². The average Bonchev–Trinajstić information content (AvgIpc) is 3.25. The summed E-state index contributed by atoms with van der Waals surface area (Å²) in [5.41, 5.74) is 6.39. The molecule has 7 nitrogen and oxygen atoms in total. The third-order valence-corrected chi connectivity index (χ3v) is 5.87. The van der Waals surface area contributed by atoms with Crippen LogP contribution in [0.3, 0.4) is 0 Å². The standard InChI is InChI=1S/C27H29N5O2S/c1-4-5-9-20-11-13-21(14-12-20)32-30-23-15-19(3)22(16-24(23)31-32)28-27(35)29-26(33)17-34-25-10-7-6-8-18(25)2/h6-8,10-16H,4-5,9,17H2,1-3H3,(H2,28,29,33,35). The first-order valence-electron chi connectivity index (χ1n) is 11.7. The zero-order chi connectivity index (χ0) is 24.8. The minimum absolute atomic E-state index is 0.129. The molecule has 0 radical (unpaired) electrons. The maximum absolute atomic E-state index is 12.3. The Kier molecular flexibility index (Phi) is 7.72. The second-order valence-electron chi connectivity index (χ2n) is 8.47. The number of hydrogen-bond donors (Lipinski definition) is 2. The molecule has 180 valence electrons. The van der Waals surface area contributed by atoms with Gasteiger partial charge in [-0.2, -0.15) is 4.80 Å². The number of ether oxygens (including phenoxy) is 1. The Morgan fingerprint density at radius 2 is 1.71 bits per heavy atom. The normalized spacial score (nSPS) is 10.8. The molecular formula is C27H29N5O2S. The molecule has 0 aliphatic heterocycles. The minimum atomic E-state index is -0.335. The lowest BCUT2D eigenvalue weighted by Crippen LogP contribution is -2.37. The number of anilines is 1. The summed E-state index contributed by atoms with van der Waals surface area (Å²) in [7, 11) is 0. The van der Waals surface area contributed by atoms with E-state index in [1.54, 1.807) is 4.80 Å². The molecule has 35 heavy (non-hydrogen) atoms. The Morgan fingerprint density at radius 1 is 1.00 bits per heavy atom. The predicted molar refractivity (Wildman–Crippen MR) is 143 cm³/mol. The summed E-state index contributed by atoms with van der Waals surface area (Å²) in [5, 5.41) is 15.2. The Morgan fingerprint density at radius 3 is 2.43 bits per heavy atom. The monoisotopic (exact) mass is 487 g/mol. The first kappa shape index (κ1) is 24.3. The van der Waals surface area contributed by atoms with Crippen LogP contribution in [0.4, 0.5) is 5.69 Å². The van der Waals surface area contributed by atoms with Gasteiger partial charge in [0.1, 0.15) is 16.8 Å². The molecule has 0 bridgehead atoms. The van der Waals surface area contributed by atoms with Crippen molar-refractivity contribution in [3.63, 3.8) is 0 Å². The van der Waals surface area contributed by atoms with E-state index in [2.05, 4.69) is 39.9 Å². The molecule has 4 rings (SSSR count). The molecule has 0 saturated carbocycles. The average molecular weight is 488 g/mol. The van der Waals surface area contributed by atoms with E-state index in [0.717, 1.165) is 40.0 Å². The summed E-state index contributed by atoms with van der Waals surface area (Å²) < 4.78 is 5.58. The van der Waals surface area contributed by atoms with E-state index in [-0.39, 0.29) is 17.6 Å². The van der Waals surface area contributed by atoms with Crippen LogP contribution in [0, 0.1) is 13.8 Å². The van der Waals surface area contributed by atoms with Crippen molar-refractivity contribution >= 4 is 40.0 Å². The van der Waals surface area contributed by atoms with Gasteiger partial charge in [-0.25, -0.2) is 0 Å². The van der Waals surface area contributed by atoms with E-state index < -0.39 is 0 Å². The molecule has 0 atom stereocenters. The number of amides is 1. The lowest BCUT2D eigenvalue weighted by molar-refractivity contribution is -0.121. The predicted octanol–water partition coefficient (Wildman–Crippen LogP) is 5.27. The number of hydrogen-bond acceptors (Lipinski definition) is 5. The molecular weight excluding hydrogens is 458 g/mol. The van der Waals surface area contributed by atoms with Crippen LogP contribution in [-0.4, -0.2) is 32.6 Å². The van der Waals surface area contributed by atoms with Crippen molar-refractivity contribution in [1.29, 1.82) is 0 Å². The molecule has 3 aromatic carbocycles. The number of unbranched alkanes of at least 4 members (excludes halogenated alkanes) is 1. The van der Waals surface area contributed by atoms with Gasteiger partial charge in [0.15, 0.2) is 11.7 Å². The molecule has 1 amide bonds. The third kappa shape index (κ3) is 6.22. The van der Waals surface area contributed by atoms with Gasteiger partial charge in [-0.1, -0.05) is 43.7 Å². The van der Waals surface area contributed by atoms with E-state index in [9.17, 15) is 4.79 Å². The van der Waals surface area contributed by atoms with Crippen molar-refractivity contribution in [2.75, 3.05) is 11.9 Å². The van der Waals surface area contributed by atoms with E-state index in [0.29, 0.717) is 5.75 Å². The quantitative estimate of drug-likeness (QED) is 0.330. The van der Waals surface area contributed by atoms with Gasteiger partial charge in [0.05, 0.1) is 5.69 Å². The summed E-state index contributed by atoms with van der Waals surface area (Å²) in [4.78, 5) is 13.9. The van der Waals surface area contributed by atoms with Gasteiger partial charge in [0.25, 0.3) is 5.91 Å². The minimum Gasteiger partial charge on any atom is -0.483 e. The number of aromatic nitrogens is 3. The number of carbonyl (C=O) groups excluding carboxylic acids is 1. The van der Waals surface area contributed by atoms with Crippen LogP contribution >= 0.6 is 12.2 Å². The topological polar surface area (TPSA) is 81.1 Å². The van der Waals surface area contributed by atoms with E-state index in [1.807, 2.05) is 62.4 Å². The van der Waals surface area contributed by atoms with Crippen molar-refractivity contribution in [3.05, 3.63) is 77.4 Å². The van der Waals surface area contributed by atoms with Gasteiger partial charge in [-0.05, 0) is 85.9 Å². The first-order chi connectivity index (χ1) is 16.9. The number of nitrogens with zero attached hydrogens (tertiary/aromatic N) is 3. The first-order valence-corrected chi connectivity index (χ1v) is 12.1. The summed E-state index contributed by atoms with van der Waals surface area (Å²) in [6.07, 6.45) is 3.44. The molecule has 1 heterocycles. The van der Waals surface area contributed by atoms with Gasteiger partial charge < -0.3 is 10.1 Å². The molecule has 0 aliphatic rings. The van der Waals surface area contributed by atoms with E-state index in [1.165, 1.54) is 18.4 Å². The van der Waals surface area contributed by atoms with Gasteiger partial charge in [-0.3, -0.25) is 10.1 Å². The zero-order valence-corrected chi connectivity index (χ0v) is 21.0. The number of fused-ring (bicyclic) bond motifs is 1. The molecule has 8 heteroatoms. The van der Waals surface area contributed by atoms with Crippen molar-refractivity contribution in [3.8, 4) is 11.4 Å². The second-order valence-corrected chi connectivity index (χ2v) is 8.88. The van der Waals surface area contributed by atoms with Crippen LogP contribution in [0.5, 0.6) is 5.75 Å². The van der Waals surface area contributed by atoms with Gasteiger partial charge in [0.2, 0.25) is 0 Å². The molecule has 0 fully saturated rings. The highest BCUT2D eigenvalue weighted by Gasteiger charge is 2.12. The summed E-state index contributed by atoms with van der Waals surface area (Å²) in [6, 6.07) is 19.7. The molecule has 1 aromatic heterocycles. The van der Waals surface area contributed by atoms with Gasteiger partial charge in [-0.15, -0.1) is 10.2 Å². The molecule has 0 spiro atoms. The fourth-order valence-corrected chi connectivity index (χ4v) is 3.90. The summed E-state index contributed by atoms with van der Waals surface area (Å²) in [6.45, 7) is 5.95. The van der Waals surface area contributed by atoms with Gasteiger partial charge in [0, 0.05) is 5.69 Å². The fraction of sp³-hybridized carbons (Fsp3) is 0.259. The number of nitrogens with one attached hydrogen (secondary N) is 2. The Bertz CT molecular complexity index is 1350. The zero-order valence-electron chi connectivity index (χ0n) is 20.2. The number of para-hydroxylation sites is 1. The van der Waals surface area contributed by atoms with Crippen LogP contribution in [0.2, 0.25) is 0 Å². The van der Waals surface area contributed by atoms with Crippen molar-refractivity contribution < 1.29 is 9.53 Å². The Labute approximate surface area is 210 Å². The number of carbonyl (C=O) groups is 1. The molecule has 4 aromatic rings. The van der Waals surface area contributed by atoms with Crippen LogP contribution < -0.4 is 15.4 Å². The van der Waals surface area contributed by atoms with Crippen molar-refractivity contribution in [2.24, 2.45) is 0 Å². The SMILES string of the molecule is CCCCc1ccc(-n2nc3cc(C)c(NC(=S)NC(=O)COc4ccccc4C)cc3n2)cc1. The number of rotatable bonds is 8. The maximum atomic E-state index is 12.3. The Hall–Kier alpha value is -3.78. The number of benzene rings is 3. The molecule has 0 saturated heterocycles. The third-order valence-electron chi connectivity index (χ3n) is 5.67. The van der Waals surface area contributed by atoms with Crippen LogP contribution in [0.1, 0.15) is 36.5 Å². The second kappa shape index (κ2) is 11.1. The van der Waals surface area contributed by atoms with Gasteiger partial charge >= 0.3 is 0 Å². The number of thiocarbonyl (C=S) groups is 1. The van der Waals surface area contributed by atoms with E-state index >= 15 is 0 Å². The lowest BCUT2D eigenvalue weighted by atomic mass is 10.1. The molecule has 2 N–H and O–H groups in total. The summed E-state index contributed by atoms with van der Waals surface area (Å²) in [5.74, 6) is 0.333. The summed E-state index contributed by atoms with van der Waals surface area (Å²) >= 11 is 5.34. The number of aryl methyl sites for hydroxylation is 3.